The van der Waals surface area contributed by atoms with Gasteiger partial charge >= 0.3 is 6.09 Å². The van der Waals surface area contributed by atoms with Crippen LogP contribution in [0.25, 0.3) is 22.3 Å². The number of carbonyl (C=O) groups excluding carboxylic acids is 1. The van der Waals surface area contributed by atoms with Crippen molar-refractivity contribution in [1.29, 1.82) is 0 Å². The molecule has 1 amide bonds. The zero-order valence-electron chi connectivity index (χ0n) is 18.0. The topological polar surface area (TPSA) is 87.6 Å². The molecular formula is C23H26ClFN4O3. The summed E-state index contributed by atoms with van der Waals surface area (Å²) >= 11 is 0. The number of benzene rings is 2. The third-order valence-corrected chi connectivity index (χ3v) is 5.29. The van der Waals surface area contributed by atoms with Gasteiger partial charge in [-0.1, -0.05) is 19.1 Å². The monoisotopic (exact) mass is 460 g/mol. The van der Waals surface area contributed by atoms with Gasteiger partial charge in [0.05, 0.1) is 23.7 Å². The van der Waals surface area contributed by atoms with Gasteiger partial charge in [0.2, 0.25) is 0 Å². The molecule has 2 aromatic carbocycles. The fraction of sp³-hybridized carbons (Fsp3) is 0.348. The molecule has 4 rings (SSSR count). The van der Waals surface area contributed by atoms with Crippen LogP contribution in [0.2, 0.25) is 0 Å². The third-order valence-electron chi connectivity index (χ3n) is 5.29. The Morgan fingerprint density at radius 1 is 1.31 bits per heavy atom. The molecule has 0 radical (unpaired) electrons. The first-order valence-corrected chi connectivity index (χ1v) is 10.4. The van der Waals surface area contributed by atoms with Gasteiger partial charge in [0.15, 0.2) is 5.82 Å². The van der Waals surface area contributed by atoms with Crippen LogP contribution in [-0.4, -0.2) is 46.9 Å². The number of alkyl carbamates (subject to hydrolysis) is 1. The van der Waals surface area contributed by atoms with Gasteiger partial charge in [0, 0.05) is 18.5 Å². The van der Waals surface area contributed by atoms with E-state index in [1.165, 1.54) is 18.2 Å². The standard InChI is InChI=1S/C23H25FN4O3.ClH/c1-3-11-31-23(30)25-15-9-10-28(13-15)22-16-8-7-14(2)12-18(16)26-21(27-22)20-17(24)5-4-6-19(20)29;/h4-8,12,15,29H,3,9-11,13H2,1-2H3,(H,25,30);1H/t15-;/m1./s1. The number of aromatic nitrogens is 2. The molecular weight excluding hydrogens is 435 g/mol. The van der Waals surface area contributed by atoms with Crippen LogP contribution in [0.1, 0.15) is 25.3 Å². The molecule has 1 aliphatic heterocycles. The number of nitrogens with one attached hydrogen (secondary N) is 1. The first kappa shape index (κ1) is 23.5. The summed E-state index contributed by atoms with van der Waals surface area (Å²) in [5, 5.41) is 14.0. The van der Waals surface area contributed by atoms with Crippen LogP contribution >= 0.6 is 12.4 Å². The molecule has 1 atom stereocenters. The molecule has 1 saturated heterocycles. The molecule has 3 aromatic rings. The summed E-state index contributed by atoms with van der Waals surface area (Å²) in [6.45, 7) is 5.50. The molecule has 0 spiro atoms. The molecule has 1 aromatic heterocycles. The molecule has 32 heavy (non-hydrogen) atoms. The van der Waals surface area contributed by atoms with Crippen LogP contribution in [0.3, 0.4) is 0 Å². The Kier molecular flexibility index (Phi) is 7.35. The number of aryl methyl sites for hydroxylation is 1. The predicted octanol–water partition coefficient (Wildman–Crippen LogP) is 4.59. The molecule has 2 heterocycles. The number of anilines is 1. The lowest BCUT2D eigenvalue weighted by Crippen LogP contribution is -2.37. The van der Waals surface area contributed by atoms with Crippen molar-refractivity contribution in [3.63, 3.8) is 0 Å². The minimum atomic E-state index is -0.586. The minimum Gasteiger partial charge on any atom is -0.507 e. The van der Waals surface area contributed by atoms with E-state index in [1.54, 1.807) is 0 Å². The van der Waals surface area contributed by atoms with Crippen molar-refractivity contribution in [3.8, 4) is 17.1 Å². The number of nitrogens with zero attached hydrogens (tertiary/aromatic N) is 3. The summed E-state index contributed by atoms with van der Waals surface area (Å²) in [6.07, 6.45) is 1.08. The second-order valence-corrected chi connectivity index (χ2v) is 7.74. The summed E-state index contributed by atoms with van der Waals surface area (Å²) in [7, 11) is 0. The lowest BCUT2D eigenvalue weighted by Gasteiger charge is -2.21. The highest BCUT2D eigenvalue weighted by molar-refractivity contribution is 5.92. The van der Waals surface area contributed by atoms with E-state index in [0.29, 0.717) is 31.0 Å². The average Bonchev–Trinajstić information content (AvgIpc) is 3.19. The van der Waals surface area contributed by atoms with Crippen molar-refractivity contribution >= 4 is 35.2 Å². The van der Waals surface area contributed by atoms with E-state index < -0.39 is 11.9 Å². The number of phenolic OH excluding ortho intramolecular Hbond substituents is 1. The number of hydrogen-bond donors (Lipinski definition) is 2. The maximum absolute atomic E-state index is 14.5. The predicted molar refractivity (Wildman–Crippen MR) is 124 cm³/mol. The highest BCUT2D eigenvalue weighted by atomic mass is 35.5. The maximum Gasteiger partial charge on any atom is 0.407 e. The summed E-state index contributed by atoms with van der Waals surface area (Å²) in [5.41, 5.74) is 1.66. The number of carbonyl (C=O) groups is 1. The molecule has 7 nitrogen and oxygen atoms in total. The van der Waals surface area contributed by atoms with Gasteiger partial charge in [-0.05, 0) is 49.6 Å². The molecule has 0 saturated carbocycles. The van der Waals surface area contributed by atoms with Crippen molar-refractivity contribution in [3.05, 3.63) is 47.8 Å². The van der Waals surface area contributed by atoms with Gasteiger partial charge in [-0.25, -0.2) is 19.2 Å². The summed E-state index contributed by atoms with van der Waals surface area (Å²) in [4.78, 5) is 23.1. The molecule has 1 aliphatic rings. The zero-order valence-corrected chi connectivity index (χ0v) is 18.8. The van der Waals surface area contributed by atoms with Crippen molar-refractivity contribution in [2.75, 3.05) is 24.6 Å². The molecule has 9 heteroatoms. The third kappa shape index (κ3) is 4.85. The molecule has 0 bridgehead atoms. The Balaban J connectivity index is 0.00000289. The van der Waals surface area contributed by atoms with Gasteiger partial charge in [-0.15, -0.1) is 12.4 Å². The lowest BCUT2D eigenvalue weighted by molar-refractivity contribution is 0.143. The Bertz CT molecular complexity index is 1110. The second kappa shape index (κ2) is 9.99. The number of phenols is 1. The number of rotatable bonds is 5. The van der Waals surface area contributed by atoms with Gasteiger partial charge < -0.3 is 20.1 Å². The number of hydrogen-bond acceptors (Lipinski definition) is 6. The summed E-state index contributed by atoms with van der Waals surface area (Å²) < 4.78 is 19.6. The number of amides is 1. The molecule has 2 N–H and O–H groups in total. The Labute approximate surface area is 192 Å². The van der Waals surface area contributed by atoms with Crippen LogP contribution in [0.15, 0.2) is 36.4 Å². The van der Waals surface area contributed by atoms with Gasteiger partial charge in [0.1, 0.15) is 17.4 Å². The number of aromatic hydroxyl groups is 1. The highest BCUT2D eigenvalue weighted by Gasteiger charge is 2.28. The largest absolute Gasteiger partial charge is 0.507 e. The van der Waals surface area contributed by atoms with E-state index in [-0.39, 0.29) is 35.6 Å². The van der Waals surface area contributed by atoms with Crippen molar-refractivity contribution in [2.24, 2.45) is 0 Å². The molecule has 0 unspecified atom stereocenters. The van der Waals surface area contributed by atoms with Crippen LogP contribution in [0.5, 0.6) is 5.75 Å². The van der Waals surface area contributed by atoms with E-state index in [1.807, 2.05) is 36.9 Å². The van der Waals surface area contributed by atoms with Gasteiger partial charge in [-0.3, -0.25) is 0 Å². The second-order valence-electron chi connectivity index (χ2n) is 7.74. The summed E-state index contributed by atoms with van der Waals surface area (Å²) in [6, 6.07) is 9.88. The minimum absolute atomic E-state index is 0. The Hall–Kier alpha value is -3.13. The van der Waals surface area contributed by atoms with Crippen LogP contribution in [0, 0.1) is 12.7 Å². The van der Waals surface area contributed by atoms with Crippen LogP contribution in [-0.2, 0) is 4.74 Å². The smallest absolute Gasteiger partial charge is 0.407 e. The average molecular weight is 461 g/mol. The highest BCUT2D eigenvalue weighted by Crippen LogP contribution is 2.34. The number of halogens is 2. The Morgan fingerprint density at radius 3 is 2.88 bits per heavy atom. The maximum atomic E-state index is 14.5. The number of ether oxygens (including phenoxy) is 1. The van der Waals surface area contributed by atoms with E-state index in [4.69, 9.17) is 4.74 Å². The first-order chi connectivity index (χ1) is 15.0. The van der Waals surface area contributed by atoms with Crippen LogP contribution < -0.4 is 10.2 Å². The first-order valence-electron chi connectivity index (χ1n) is 10.4. The molecule has 0 aliphatic carbocycles. The lowest BCUT2D eigenvalue weighted by atomic mass is 10.1. The number of fused-ring (bicyclic) bond motifs is 1. The van der Waals surface area contributed by atoms with E-state index in [0.717, 1.165) is 23.8 Å². The van der Waals surface area contributed by atoms with Crippen molar-refractivity contribution in [2.45, 2.75) is 32.7 Å². The van der Waals surface area contributed by atoms with E-state index in [2.05, 4.69) is 15.3 Å². The van der Waals surface area contributed by atoms with Crippen molar-refractivity contribution < 1.29 is 19.0 Å². The fourth-order valence-corrected chi connectivity index (χ4v) is 3.78. The molecule has 1 fully saturated rings. The summed E-state index contributed by atoms with van der Waals surface area (Å²) in [5.74, 6) is -0.0217. The quantitative estimate of drug-likeness (QED) is 0.579. The van der Waals surface area contributed by atoms with Gasteiger partial charge in [-0.2, -0.15) is 0 Å². The Morgan fingerprint density at radius 2 is 2.12 bits per heavy atom. The van der Waals surface area contributed by atoms with Crippen LogP contribution in [0.4, 0.5) is 15.0 Å². The fourth-order valence-electron chi connectivity index (χ4n) is 3.78. The normalized spacial score (nSPS) is 15.5. The van der Waals surface area contributed by atoms with E-state index >= 15 is 0 Å². The SMILES string of the molecule is CCCOC(=O)N[C@@H]1CCN(c2nc(-c3c(O)cccc3F)nc3cc(C)ccc23)C1.Cl. The van der Waals surface area contributed by atoms with Gasteiger partial charge in [0.25, 0.3) is 0 Å². The van der Waals surface area contributed by atoms with Crippen molar-refractivity contribution in [1.82, 2.24) is 15.3 Å². The van der Waals surface area contributed by atoms with E-state index in [9.17, 15) is 14.3 Å². The zero-order chi connectivity index (χ0) is 22.0. The molecule has 170 valence electrons.